The molecule has 0 aromatic heterocycles. The molecule has 0 aromatic carbocycles. The summed E-state index contributed by atoms with van der Waals surface area (Å²) in [5.41, 5.74) is 0.805. The van der Waals surface area contributed by atoms with Gasteiger partial charge < -0.3 is 10.1 Å². The molecule has 0 bridgehead atoms. The van der Waals surface area contributed by atoms with E-state index in [0.29, 0.717) is 0 Å². The van der Waals surface area contributed by atoms with Crippen LogP contribution < -0.4 is 5.32 Å². The summed E-state index contributed by atoms with van der Waals surface area (Å²) >= 11 is 0. The summed E-state index contributed by atoms with van der Waals surface area (Å²) < 4.78 is 5.20. The van der Waals surface area contributed by atoms with Gasteiger partial charge in [-0.3, -0.25) is 0 Å². The second kappa shape index (κ2) is 4.60. The largest absolute Gasteiger partial charge is 0.457 e. The molecular weight excluding hydrogens is 178 g/mol. The lowest BCUT2D eigenvalue weighted by Crippen LogP contribution is -2.25. The fourth-order valence-electron chi connectivity index (χ4n) is 1.39. The van der Waals surface area contributed by atoms with Crippen molar-refractivity contribution in [2.24, 2.45) is 0 Å². The quantitative estimate of drug-likeness (QED) is 0.513. The Kier molecular flexibility index (Phi) is 3.69. The summed E-state index contributed by atoms with van der Waals surface area (Å²) in [6.45, 7) is 7.58. The lowest BCUT2D eigenvalue weighted by atomic mass is 10.1. The van der Waals surface area contributed by atoms with Crippen molar-refractivity contribution in [3.05, 3.63) is 11.6 Å². The first-order valence-corrected chi connectivity index (χ1v) is 5.10. The monoisotopic (exact) mass is 197 g/mol. The SMILES string of the molecule is CC(C)(C)OC(=O)C=C1CCNCC1. The van der Waals surface area contributed by atoms with Crippen LogP contribution in [0.1, 0.15) is 33.6 Å². The van der Waals surface area contributed by atoms with Crippen molar-refractivity contribution in [2.45, 2.75) is 39.2 Å². The van der Waals surface area contributed by atoms with Crippen LogP contribution in [0.2, 0.25) is 0 Å². The Morgan fingerprint density at radius 1 is 1.36 bits per heavy atom. The molecule has 0 radical (unpaired) electrons. The minimum absolute atomic E-state index is 0.214. The number of esters is 1. The van der Waals surface area contributed by atoms with Gasteiger partial charge in [0.15, 0.2) is 0 Å². The average molecular weight is 197 g/mol. The van der Waals surface area contributed by atoms with E-state index in [1.807, 2.05) is 20.8 Å². The van der Waals surface area contributed by atoms with Crippen LogP contribution >= 0.6 is 0 Å². The Labute approximate surface area is 85.5 Å². The normalized spacial score (nSPS) is 17.8. The van der Waals surface area contributed by atoms with Crippen molar-refractivity contribution in [1.82, 2.24) is 5.32 Å². The highest BCUT2D eigenvalue weighted by molar-refractivity contribution is 5.83. The predicted octanol–water partition coefficient (Wildman–Crippen LogP) is 1.64. The number of carbonyl (C=O) groups is 1. The van der Waals surface area contributed by atoms with Crippen molar-refractivity contribution in [3.63, 3.8) is 0 Å². The molecule has 0 aromatic rings. The van der Waals surface area contributed by atoms with Crippen molar-refractivity contribution in [2.75, 3.05) is 13.1 Å². The fourth-order valence-corrected chi connectivity index (χ4v) is 1.39. The summed E-state index contributed by atoms with van der Waals surface area (Å²) in [5, 5.41) is 3.24. The van der Waals surface area contributed by atoms with E-state index < -0.39 is 0 Å². The van der Waals surface area contributed by atoms with E-state index in [-0.39, 0.29) is 11.6 Å². The lowest BCUT2D eigenvalue weighted by molar-refractivity contribution is -0.148. The molecule has 3 heteroatoms. The van der Waals surface area contributed by atoms with Crippen molar-refractivity contribution in [1.29, 1.82) is 0 Å². The smallest absolute Gasteiger partial charge is 0.331 e. The predicted molar refractivity (Wildman–Crippen MR) is 56.0 cm³/mol. The highest BCUT2D eigenvalue weighted by atomic mass is 16.6. The molecule has 0 aliphatic carbocycles. The van der Waals surface area contributed by atoms with Crippen LogP contribution in [0.4, 0.5) is 0 Å². The molecule has 1 saturated heterocycles. The third kappa shape index (κ3) is 4.42. The van der Waals surface area contributed by atoms with Gasteiger partial charge >= 0.3 is 5.97 Å². The summed E-state index contributed by atoms with van der Waals surface area (Å²) in [4.78, 5) is 11.4. The van der Waals surface area contributed by atoms with E-state index in [1.54, 1.807) is 6.08 Å². The van der Waals surface area contributed by atoms with Gasteiger partial charge in [-0.05, 0) is 46.7 Å². The maximum atomic E-state index is 11.4. The van der Waals surface area contributed by atoms with E-state index in [4.69, 9.17) is 4.74 Å². The number of rotatable bonds is 1. The molecule has 1 fully saturated rings. The molecule has 1 heterocycles. The maximum absolute atomic E-state index is 11.4. The zero-order valence-corrected chi connectivity index (χ0v) is 9.22. The van der Waals surface area contributed by atoms with Crippen LogP contribution in [-0.2, 0) is 9.53 Å². The highest BCUT2D eigenvalue weighted by Crippen LogP contribution is 2.12. The van der Waals surface area contributed by atoms with Crippen molar-refractivity contribution in [3.8, 4) is 0 Å². The number of hydrogen-bond acceptors (Lipinski definition) is 3. The minimum Gasteiger partial charge on any atom is -0.457 e. The first kappa shape index (κ1) is 11.2. The van der Waals surface area contributed by atoms with Crippen LogP contribution in [0.25, 0.3) is 0 Å². The summed E-state index contributed by atoms with van der Waals surface area (Å²) in [5.74, 6) is -0.214. The summed E-state index contributed by atoms with van der Waals surface area (Å²) in [6, 6.07) is 0. The third-order valence-corrected chi connectivity index (χ3v) is 1.97. The second-order valence-corrected chi connectivity index (χ2v) is 4.59. The standard InChI is InChI=1S/C11H19NO2/c1-11(2,3)14-10(13)8-9-4-6-12-7-5-9/h8,12H,4-7H2,1-3H3. The second-order valence-electron chi connectivity index (χ2n) is 4.59. The van der Waals surface area contributed by atoms with Crippen LogP contribution in [0, 0.1) is 0 Å². The molecule has 0 atom stereocenters. The number of hydrogen-bond donors (Lipinski definition) is 1. The molecule has 0 unspecified atom stereocenters. The molecule has 0 saturated carbocycles. The fraction of sp³-hybridized carbons (Fsp3) is 0.727. The van der Waals surface area contributed by atoms with E-state index in [0.717, 1.165) is 25.9 Å². The van der Waals surface area contributed by atoms with Crippen molar-refractivity contribution >= 4 is 5.97 Å². The Morgan fingerprint density at radius 2 is 1.93 bits per heavy atom. The summed E-state index contributed by atoms with van der Waals surface area (Å²) in [6.07, 6.45) is 3.56. The van der Waals surface area contributed by atoms with Crippen LogP contribution in [0.3, 0.4) is 0 Å². The number of nitrogens with one attached hydrogen (secondary N) is 1. The molecule has 1 aliphatic heterocycles. The molecule has 1 N–H and O–H groups in total. The zero-order chi connectivity index (χ0) is 10.6. The summed E-state index contributed by atoms with van der Waals surface area (Å²) in [7, 11) is 0. The van der Waals surface area contributed by atoms with Gasteiger partial charge in [-0.1, -0.05) is 5.57 Å². The molecule has 80 valence electrons. The van der Waals surface area contributed by atoms with E-state index >= 15 is 0 Å². The minimum atomic E-state index is -0.388. The molecule has 1 rings (SSSR count). The molecule has 1 aliphatic rings. The average Bonchev–Trinajstić information content (AvgIpc) is 2.02. The Hall–Kier alpha value is -0.830. The molecule has 0 amide bonds. The molecular formula is C11H19NO2. The van der Waals surface area contributed by atoms with Gasteiger partial charge in [0.1, 0.15) is 5.60 Å². The first-order chi connectivity index (χ1) is 6.47. The number of carbonyl (C=O) groups excluding carboxylic acids is 1. The van der Waals surface area contributed by atoms with E-state index in [2.05, 4.69) is 5.32 Å². The molecule has 3 nitrogen and oxygen atoms in total. The highest BCUT2D eigenvalue weighted by Gasteiger charge is 2.15. The van der Waals surface area contributed by atoms with Gasteiger partial charge in [-0.15, -0.1) is 0 Å². The van der Waals surface area contributed by atoms with Crippen LogP contribution in [0.15, 0.2) is 11.6 Å². The Morgan fingerprint density at radius 3 is 2.43 bits per heavy atom. The van der Waals surface area contributed by atoms with E-state index in [1.165, 1.54) is 5.57 Å². The zero-order valence-electron chi connectivity index (χ0n) is 9.22. The van der Waals surface area contributed by atoms with Gasteiger partial charge in [0.25, 0.3) is 0 Å². The van der Waals surface area contributed by atoms with Gasteiger partial charge in [0, 0.05) is 6.08 Å². The number of piperidine rings is 1. The maximum Gasteiger partial charge on any atom is 0.331 e. The Bertz CT molecular complexity index is 230. The van der Waals surface area contributed by atoms with Crippen molar-refractivity contribution < 1.29 is 9.53 Å². The molecule has 0 spiro atoms. The molecule has 14 heavy (non-hydrogen) atoms. The number of ether oxygens (including phenoxy) is 1. The first-order valence-electron chi connectivity index (χ1n) is 5.10. The van der Waals surface area contributed by atoms with Gasteiger partial charge in [0.05, 0.1) is 0 Å². The Balaban J connectivity index is 2.45. The lowest BCUT2D eigenvalue weighted by Gasteiger charge is -2.19. The van der Waals surface area contributed by atoms with Gasteiger partial charge in [0.2, 0.25) is 0 Å². The van der Waals surface area contributed by atoms with Crippen LogP contribution in [-0.4, -0.2) is 24.7 Å². The van der Waals surface area contributed by atoms with Crippen LogP contribution in [0.5, 0.6) is 0 Å². The van der Waals surface area contributed by atoms with E-state index in [9.17, 15) is 4.79 Å². The van der Waals surface area contributed by atoms with Gasteiger partial charge in [-0.25, -0.2) is 4.79 Å². The van der Waals surface area contributed by atoms with Gasteiger partial charge in [-0.2, -0.15) is 0 Å². The topological polar surface area (TPSA) is 38.3 Å². The third-order valence-electron chi connectivity index (χ3n) is 1.97.